The zero-order valence-electron chi connectivity index (χ0n) is 14.0. The van der Waals surface area contributed by atoms with Crippen LogP contribution < -0.4 is 0 Å². The number of hydrogen-bond donors (Lipinski definition) is 1. The van der Waals surface area contributed by atoms with Gasteiger partial charge in [0.25, 0.3) is 11.8 Å². The fourth-order valence-corrected chi connectivity index (χ4v) is 3.20. The summed E-state index contributed by atoms with van der Waals surface area (Å²) in [5.41, 5.74) is 3.10. The summed E-state index contributed by atoms with van der Waals surface area (Å²) in [6, 6.07) is 7.35. The molecule has 1 saturated heterocycles. The number of nitrogens with one attached hydrogen (secondary N) is 1. The first-order valence-corrected chi connectivity index (χ1v) is 8.26. The van der Waals surface area contributed by atoms with Crippen molar-refractivity contribution in [3.63, 3.8) is 0 Å². The lowest BCUT2D eigenvalue weighted by molar-refractivity contribution is 0.0535. The Hall–Kier alpha value is -3.09. The summed E-state index contributed by atoms with van der Waals surface area (Å²) in [7, 11) is 1.93. The number of nitrogens with zero attached hydrogens (tertiary/aromatic N) is 4. The van der Waals surface area contributed by atoms with E-state index < -0.39 is 0 Å². The molecule has 2 amide bonds. The van der Waals surface area contributed by atoms with Crippen molar-refractivity contribution in [2.75, 3.05) is 26.2 Å². The monoisotopic (exact) mass is 337 g/mol. The molecule has 0 aliphatic carbocycles. The Morgan fingerprint density at radius 2 is 1.68 bits per heavy atom. The number of fused-ring (bicyclic) bond motifs is 1. The van der Waals surface area contributed by atoms with Gasteiger partial charge in [-0.15, -0.1) is 0 Å². The second-order valence-electron chi connectivity index (χ2n) is 6.24. The SMILES string of the molecule is Cn1cnc2cc(C(=O)N3CCN(C(=O)c4cc[nH]c4)CC3)ccc21. The molecule has 0 spiro atoms. The number of H-pyrrole nitrogens is 1. The van der Waals surface area contributed by atoms with E-state index in [-0.39, 0.29) is 11.8 Å². The summed E-state index contributed by atoms with van der Waals surface area (Å²) in [6.45, 7) is 2.16. The largest absolute Gasteiger partial charge is 0.367 e. The Morgan fingerprint density at radius 1 is 1.00 bits per heavy atom. The predicted octanol–water partition coefficient (Wildman–Crippen LogP) is 1.50. The van der Waals surface area contributed by atoms with Crippen molar-refractivity contribution in [1.82, 2.24) is 24.3 Å². The van der Waals surface area contributed by atoms with Crippen molar-refractivity contribution < 1.29 is 9.59 Å². The summed E-state index contributed by atoms with van der Waals surface area (Å²) >= 11 is 0. The molecular weight excluding hydrogens is 318 g/mol. The molecule has 1 aromatic carbocycles. The van der Waals surface area contributed by atoms with E-state index in [4.69, 9.17) is 0 Å². The third-order valence-corrected chi connectivity index (χ3v) is 4.67. The topological polar surface area (TPSA) is 74.2 Å². The van der Waals surface area contributed by atoms with Gasteiger partial charge in [-0.2, -0.15) is 0 Å². The van der Waals surface area contributed by atoms with Gasteiger partial charge in [-0.05, 0) is 24.3 Å². The van der Waals surface area contributed by atoms with E-state index in [9.17, 15) is 9.59 Å². The van der Waals surface area contributed by atoms with Gasteiger partial charge in [0.15, 0.2) is 0 Å². The lowest BCUT2D eigenvalue weighted by Crippen LogP contribution is -2.50. The van der Waals surface area contributed by atoms with Gasteiger partial charge in [-0.1, -0.05) is 0 Å². The molecule has 0 atom stereocenters. The van der Waals surface area contributed by atoms with Crippen molar-refractivity contribution in [1.29, 1.82) is 0 Å². The van der Waals surface area contributed by atoms with Crippen LogP contribution in [-0.2, 0) is 7.05 Å². The quantitative estimate of drug-likeness (QED) is 0.770. The van der Waals surface area contributed by atoms with Gasteiger partial charge >= 0.3 is 0 Å². The standard InChI is InChI=1S/C18H19N5O2/c1-21-12-20-15-10-13(2-3-16(15)21)17(24)22-6-8-23(9-7-22)18(25)14-4-5-19-11-14/h2-5,10-12,19H,6-9H2,1H3. The van der Waals surface area contributed by atoms with Crippen LogP contribution in [0.5, 0.6) is 0 Å². The van der Waals surface area contributed by atoms with Crippen LogP contribution in [0.2, 0.25) is 0 Å². The summed E-state index contributed by atoms with van der Waals surface area (Å²) in [4.78, 5) is 35.9. The number of carbonyl (C=O) groups excluding carboxylic acids is 2. The predicted molar refractivity (Wildman–Crippen MR) is 93.3 cm³/mol. The molecule has 7 nitrogen and oxygen atoms in total. The van der Waals surface area contributed by atoms with Gasteiger partial charge in [0.2, 0.25) is 0 Å². The maximum absolute atomic E-state index is 12.7. The normalized spacial score (nSPS) is 14.9. The van der Waals surface area contributed by atoms with Gasteiger partial charge in [-0.3, -0.25) is 9.59 Å². The number of aryl methyl sites for hydroxylation is 1. The minimum absolute atomic E-state index is 0.00301. The Kier molecular flexibility index (Phi) is 3.76. The molecule has 128 valence electrons. The first-order valence-electron chi connectivity index (χ1n) is 8.26. The minimum Gasteiger partial charge on any atom is -0.367 e. The van der Waals surface area contributed by atoms with Crippen LogP contribution in [0.3, 0.4) is 0 Å². The van der Waals surface area contributed by atoms with Crippen LogP contribution in [0.15, 0.2) is 43.0 Å². The molecule has 0 saturated carbocycles. The second kappa shape index (κ2) is 6.08. The summed E-state index contributed by atoms with van der Waals surface area (Å²) in [5.74, 6) is -0.00968. The second-order valence-corrected chi connectivity index (χ2v) is 6.24. The molecule has 1 aliphatic heterocycles. The van der Waals surface area contributed by atoms with Gasteiger partial charge in [0.1, 0.15) is 0 Å². The number of piperazine rings is 1. The average molecular weight is 337 g/mol. The van der Waals surface area contributed by atoms with E-state index in [1.807, 2.05) is 29.8 Å². The molecular formula is C18H19N5O2. The smallest absolute Gasteiger partial charge is 0.255 e. The highest BCUT2D eigenvalue weighted by molar-refractivity contribution is 5.98. The number of amides is 2. The molecule has 2 aromatic heterocycles. The molecule has 0 unspecified atom stereocenters. The zero-order chi connectivity index (χ0) is 17.4. The molecule has 4 rings (SSSR count). The van der Waals surface area contributed by atoms with E-state index >= 15 is 0 Å². The molecule has 7 heteroatoms. The van der Waals surface area contributed by atoms with Crippen LogP contribution in [0, 0.1) is 0 Å². The molecule has 0 bridgehead atoms. The number of aromatic amines is 1. The van der Waals surface area contributed by atoms with Crippen molar-refractivity contribution in [3.8, 4) is 0 Å². The number of aromatic nitrogens is 3. The van der Waals surface area contributed by atoms with Crippen LogP contribution in [-0.4, -0.2) is 62.3 Å². The highest BCUT2D eigenvalue weighted by Crippen LogP contribution is 2.17. The van der Waals surface area contributed by atoms with E-state index in [1.54, 1.807) is 34.6 Å². The number of imidazole rings is 1. The molecule has 1 N–H and O–H groups in total. The van der Waals surface area contributed by atoms with E-state index in [0.717, 1.165) is 11.0 Å². The first-order chi connectivity index (χ1) is 12.1. The number of rotatable bonds is 2. The maximum atomic E-state index is 12.7. The Morgan fingerprint density at radius 3 is 2.32 bits per heavy atom. The number of hydrogen-bond acceptors (Lipinski definition) is 3. The molecule has 3 heterocycles. The first kappa shape index (κ1) is 15.4. The van der Waals surface area contributed by atoms with Crippen LogP contribution in [0.25, 0.3) is 11.0 Å². The van der Waals surface area contributed by atoms with Crippen molar-refractivity contribution >= 4 is 22.8 Å². The molecule has 25 heavy (non-hydrogen) atoms. The lowest BCUT2D eigenvalue weighted by atomic mass is 10.1. The van der Waals surface area contributed by atoms with Crippen molar-refractivity contribution in [2.24, 2.45) is 7.05 Å². The Balaban J connectivity index is 1.44. The van der Waals surface area contributed by atoms with Crippen molar-refractivity contribution in [2.45, 2.75) is 0 Å². The van der Waals surface area contributed by atoms with Gasteiger partial charge < -0.3 is 19.4 Å². The van der Waals surface area contributed by atoms with E-state index in [0.29, 0.717) is 37.3 Å². The number of carbonyl (C=O) groups is 2. The molecule has 0 radical (unpaired) electrons. The van der Waals surface area contributed by atoms with E-state index in [1.165, 1.54) is 0 Å². The molecule has 1 fully saturated rings. The summed E-state index contributed by atoms with van der Waals surface area (Å²) in [6.07, 6.45) is 5.17. The zero-order valence-corrected chi connectivity index (χ0v) is 14.0. The van der Waals surface area contributed by atoms with Gasteiger partial charge in [0, 0.05) is 51.2 Å². The van der Waals surface area contributed by atoms with Crippen molar-refractivity contribution in [3.05, 3.63) is 54.1 Å². The van der Waals surface area contributed by atoms with Gasteiger partial charge in [-0.25, -0.2) is 4.98 Å². The lowest BCUT2D eigenvalue weighted by Gasteiger charge is -2.34. The third kappa shape index (κ3) is 2.77. The van der Waals surface area contributed by atoms with Crippen LogP contribution >= 0.6 is 0 Å². The minimum atomic E-state index is -0.0127. The highest BCUT2D eigenvalue weighted by Gasteiger charge is 2.25. The Labute approximate surface area is 144 Å². The molecule has 1 aliphatic rings. The van der Waals surface area contributed by atoms with Gasteiger partial charge in [0.05, 0.1) is 22.9 Å². The summed E-state index contributed by atoms with van der Waals surface area (Å²) < 4.78 is 1.93. The third-order valence-electron chi connectivity index (χ3n) is 4.67. The van der Waals surface area contributed by atoms with Crippen LogP contribution in [0.4, 0.5) is 0 Å². The average Bonchev–Trinajstić information content (AvgIpc) is 3.31. The highest BCUT2D eigenvalue weighted by atomic mass is 16.2. The Bertz CT molecular complexity index is 920. The van der Waals surface area contributed by atoms with E-state index in [2.05, 4.69) is 9.97 Å². The maximum Gasteiger partial charge on any atom is 0.255 e. The fourth-order valence-electron chi connectivity index (χ4n) is 3.20. The fraction of sp³-hybridized carbons (Fsp3) is 0.278. The van der Waals surface area contributed by atoms with Crippen LogP contribution in [0.1, 0.15) is 20.7 Å². The summed E-state index contributed by atoms with van der Waals surface area (Å²) in [5, 5.41) is 0. The number of benzene rings is 1. The molecule has 3 aromatic rings.